The predicted molar refractivity (Wildman–Crippen MR) is 124 cm³/mol. The molecule has 0 spiro atoms. The van der Waals surface area contributed by atoms with Gasteiger partial charge in [0.05, 0.1) is 37.3 Å². The molecule has 31 heavy (non-hydrogen) atoms. The Balaban J connectivity index is 0.000000412. The monoisotopic (exact) mass is 430 g/mol. The molecule has 0 radical (unpaired) electrons. The minimum Gasteiger partial charge on any atom is -0.494 e. The van der Waals surface area contributed by atoms with E-state index in [1.807, 2.05) is 24.3 Å². The highest BCUT2D eigenvalue weighted by Gasteiger charge is 2.09. The van der Waals surface area contributed by atoms with E-state index in [0.29, 0.717) is 18.2 Å². The van der Waals surface area contributed by atoms with Crippen LogP contribution in [0.4, 0.5) is 0 Å². The summed E-state index contributed by atoms with van der Waals surface area (Å²) in [6, 6.07) is 8.37. The van der Waals surface area contributed by atoms with E-state index >= 15 is 0 Å². The maximum atomic E-state index is 10.7. The molecule has 0 N–H and O–H groups in total. The van der Waals surface area contributed by atoms with Crippen molar-refractivity contribution in [3.8, 4) is 11.4 Å². The molecule has 2 aromatic rings. The van der Waals surface area contributed by atoms with E-state index in [-0.39, 0.29) is 0 Å². The zero-order chi connectivity index (χ0) is 22.5. The lowest BCUT2D eigenvalue weighted by molar-refractivity contribution is 0.0503. The van der Waals surface area contributed by atoms with Gasteiger partial charge in [0.1, 0.15) is 5.75 Å². The summed E-state index contributed by atoms with van der Waals surface area (Å²) in [5, 5.41) is 4.15. The Hall–Kier alpha value is -2.22. The number of carbonyl (C=O) groups is 1. The Kier molecular flexibility index (Phi) is 11.3. The van der Waals surface area contributed by atoms with Crippen molar-refractivity contribution in [2.75, 3.05) is 53.0 Å². The van der Waals surface area contributed by atoms with E-state index < -0.39 is 0 Å². The normalized spacial score (nSPS) is 15.3. The third-order valence-electron chi connectivity index (χ3n) is 5.55. The summed E-state index contributed by atoms with van der Waals surface area (Å²) in [5.74, 6) is 0.855. The van der Waals surface area contributed by atoms with E-state index in [4.69, 9.17) is 9.47 Å². The third-order valence-corrected chi connectivity index (χ3v) is 5.55. The number of morpholine rings is 1. The predicted octanol–water partition coefficient (Wildman–Crippen LogP) is 3.52. The zero-order valence-electron chi connectivity index (χ0n) is 19.5. The van der Waals surface area contributed by atoms with Crippen LogP contribution in [0.5, 0.6) is 5.75 Å². The Labute approximate surface area is 186 Å². The largest absolute Gasteiger partial charge is 0.494 e. The van der Waals surface area contributed by atoms with Gasteiger partial charge in [-0.2, -0.15) is 5.10 Å². The van der Waals surface area contributed by atoms with Crippen LogP contribution in [-0.2, 0) is 4.74 Å². The number of aromatic nitrogens is 2. The Morgan fingerprint density at radius 2 is 1.94 bits per heavy atom. The van der Waals surface area contributed by atoms with Crippen molar-refractivity contribution in [1.29, 1.82) is 0 Å². The minimum absolute atomic E-state index is 0.567. The second-order valence-electron chi connectivity index (χ2n) is 7.83. The first-order valence-electron chi connectivity index (χ1n) is 11.3. The van der Waals surface area contributed by atoms with E-state index in [0.717, 1.165) is 63.5 Å². The molecule has 0 aliphatic carbocycles. The van der Waals surface area contributed by atoms with Crippen LogP contribution < -0.4 is 4.74 Å². The van der Waals surface area contributed by atoms with E-state index in [1.165, 1.54) is 6.42 Å². The molecule has 1 aliphatic rings. The van der Waals surface area contributed by atoms with Crippen molar-refractivity contribution in [3.63, 3.8) is 0 Å². The number of rotatable bonds is 10. The number of ether oxygens (including phenoxy) is 2. The van der Waals surface area contributed by atoms with Gasteiger partial charge >= 0.3 is 0 Å². The average Bonchev–Trinajstić information content (AvgIpc) is 3.29. The number of nitrogens with zero attached hydrogens (tertiary/aromatic N) is 4. The van der Waals surface area contributed by atoms with Gasteiger partial charge in [0.25, 0.3) is 0 Å². The number of benzene rings is 1. The summed E-state index contributed by atoms with van der Waals surface area (Å²) in [4.78, 5) is 15.5. The third kappa shape index (κ3) is 8.81. The molecule has 1 atom stereocenters. The molecule has 0 saturated carbocycles. The van der Waals surface area contributed by atoms with E-state index in [1.54, 1.807) is 17.1 Å². The number of likely N-dealkylation sites (N-methyl/N-ethyl adjacent to an activating group) is 1. The van der Waals surface area contributed by atoms with Crippen molar-refractivity contribution in [2.45, 2.75) is 39.7 Å². The van der Waals surface area contributed by atoms with Gasteiger partial charge in [-0.15, -0.1) is 0 Å². The lowest BCUT2D eigenvalue weighted by Crippen LogP contribution is -2.33. The summed E-state index contributed by atoms with van der Waals surface area (Å²) in [6.45, 7) is 13.6. The van der Waals surface area contributed by atoms with Gasteiger partial charge in [-0.3, -0.25) is 4.79 Å². The number of hydrogen-bond donors (Lipinski definition) is 0. The summed E-state index contributed by atoms with van der Waals surface area (Å²) in [6.07, 6.45) is 6.24. The standard InChI is InChI=1S/C19H27N3O2.C5H11NO/c1-4-16(3)21(5-2)11-6-12-24-19-9-7-18(8-10-19)22-14-17(15-23)13-20-22;1-6-2-4-7-5-3-6/h7-10,13-16H,4-6,11-12H2,1-3H3;2-5H2,1H3. The second kappa shape index (κ2) is 14.0. The van der Waals surface area contributed by atoms with Crippen molar-refractivity contribution < 1.29 is 14.3 Å². The molecule has 3 rings (SSSR count). The first-order chi connectivity index (χ1) is 15.1. The summed E-state index contributed by atoms with van der Waals surface area (Å²) < 4.78 is 12.6. The molecule has 7 nitrogen and oxygen atoms in total. The number of aldehydes is 1. The van der Waals surface area contributed by atoms with Crippen LogP contribution in [0.15, 0.2) is 36.7 Å². The smallest absolute Gasteiger partial charge is 0.153 e. The van der Waals surface area contributed by atoms with Gasteiger partial charge < -0.3 is 19.3 Å². The quantitative estimate of drug-likeness (QED) is 0.425. The van der Waals surface area contributed by atoms with Crippen LogP contribution in [0.3, 0.4) is 0 Å². The summed E-state index contributed by atoms with van der Waals surface area (Å²) in [5.41, 5.74) is 1.47. The second-order valence-corrected chi connectivity index (χ2v) is 7.83. The topological polar surface area (TPSA) is 59.8 Å². The summed E-state index contributed by atoms with van der Waals surface area (Å²) in [7, 11) is 2.11. The molecule has 1 unspecified atom stereocenters. The van der Waals surface area contributed by atoms with Gasteiger partial charge in [-0.1, -0.05) is 13.8 Å². The highest BCUT2D eigenvalue weighted by atomic mass is 16.5. The van der Waals surface area contributed by atoms with Crippen LogP contribution in [-0.4, -0.2) is 85.0 Å². The minimum atomic E-state index is 0.567. The van der Waals surface area contributed by atoms with Crippen LogP contribution in [0.25, 0.3) is 5.69 Å². The highest BCUT2D eigenvalue weighted by molar-refractivity contribution is 5.73. The van der Waals surface area contributed by atoms with Crippen LogP contribution in [0.1, 0.15) is 44.0 Å². The van der Waals surface area contributed by atoms with Crippen LogP contribution in [0.2, 0.25) is 0 Å². The van der Waals surface area contributed by atoms with Gasteiger partial charge in [0.15, 0.2) is 6.29 Å². The van der Waals surface area contributed by atoms with Crippen LogP contribution in [0, 0.1) is 0 Å². The first kappa shape index (κ1) is 25.0. The van der Waals surface area contributed by atoms with Gasteiger partial charge in [-0.25, -0.2) is 4.68 Å². The molecule has 1 aromatic heterocycles. The molecular formula is C24H38N4O3. The highest BCUT2D eigenvalue weighted by Crippen LogP contribution is 2.15. The zero-order valence-corrected chi connectivity index (χ0v) is 19.5. The van der Waals surface area contributed by atoms with Crippen molar-refractivity contribution in [1.82, 2.24) is 19.6 Å². The van der Waals surface area contributed by atoms with Gasteiger partial charge in [0.2, 0.25) is 0 Å². The van der Waals surface area contributed by atoms with Crippen LogP contribution >= 0.6 is 0 Å². The molecular weight excluding hydrogens is 392 g/mol. The number of hydrogen-bond acceptors (Lipinski definition) is 6. The van der Waals surface area contributed by atoms with Crippen molar-refractivity contribution in [3.05, 3.63) is 42.2 Å². The molecule has 0 bridgehead atoms. The fourth-order valence-corrected chi connectivity index (χ4v) is 3.29. The Bertz CT molecular complexity index is 742. The maximum Gasteiger partial charge on any atom is 0.153 e. The molecule has 172 valence electrons. The molecule has 0 amide bonds. The molecule has 7 heteroatoms. The van der Waals surface area contributed by atoms with Gasteiger partial charge in [-0.05, 0) is 57.6 Å². The van der Waals surface area contributed by atoms with Gasteiger partial charge in [0, 0.05) is 31.9 Å². The molecule has 1 aromatic carbocycles. The van der Waals surface area contributed by atoms with E-state index in [2.05, 4.69) is 42.7 Å². The molecule has 1 fully saturated rings. The first-order valence-corrected chi connectivity index (χ1v) is 11.3. The summed E-state index contributed by atoms with van der Waals surface area (Å²) >= 11 is 0. The fourth-order valence-electron chi connectivity index (χ4n) is 3.29. The maximum absolute atomic E-state index is 10.7. The Morgan fingerprint density at radius 1 is 1.23 bits per heavy atom. The lowest BCUT2D eigenvalue weighted by Gasteiger charge is -2.26. The SMILES string of the molecule is CCC(C)N(CC)CCCOc1ccc(-n2cc(C=O)cn2)cc1.CN1CCOCC1. The van der Waals surface area contributed by atoms with E-state index in [9.17, 15) is 4.79 Å². The average molecular weight is 431 g/mol. The van der Waals surface area contributed by atoms with Crippen molar-refractivity contribution in [2.24, 2.45) is 0 Å². The molecule has 2 heterocycles. The molecule has 1 saturated heterocycles. The van der Waals surface area contributed by atoms with Crippen molar-refractivity contribution >= 4 is 6.29 Å². The Morgan fingerprint density at radius 3 is 2.45 bits per heavy atom. The number of carbonyl (C=O) groups excluding carboxylic acids is 1. The molecule has 1 aliphatic heterocycles. The fraction of sp³-hybridized carbons (Fsp3) is 0.583. The lowest BCUT2D eigenvalue weighted by atomic mass is 10.2.